The van der Waals surface area contributed by atoms with Gasteiger partial charge in [-0.05, 0) is 76.8 Å². The minimum absolute atomic E-state index is 0.00175. The summed E-state index contributed by atoms with van der Waals surface area (Å²) in [6.45, 7) is 7.03. The second kappa shape index (κ2) is 19.1. The van der Waals surface area contributed by atoms with E-state index in [1.165, 1.54) is 0 Å². The average Bonchev–Trinajstić information content (AvgIpc) is 3.78. The molecule has 0 fully saturated rings. The van der Waals surface area contributed by atoms with Crippen LogP contribution in [0.1, 0.15) is 65.4 Å². The van der Waals surface area contributed by atoms with Crippen molar-refractivity contribution < 1.29 is 29.1 Å². The fourth-order valence-electron chi connectivity index (χ4n) is 5.03. The number of hydrogen-bond acceptors (Lipinski definition) is 14. The second-order valence-electron chi connectivity index (χ2n) is 12.6. The molecular formula is C30H45N13O6. The largest absolute Gasteiger partial charge is 0.480 e. The number of carbonyl (C=O) groups excluding carboxylic acids is 4. The van der Waals surface area contributed by atoms with Crippen molar-refractivity contribution >= 4 is 29.6 Å². The van der Waals surface area contributed by atoms with Crippen LogP contribution in [0.2, 0.25) is 0 Å². The van der Waals surface area contributed by atoms with Gasteiger partial charge in [-0.1, -0.05) is 58.0 Å². The first-order valence-corrected chi connectivity index (χ1v) is 16.2. The Labute approximate surface area is 283 Å². The third-order valence-electron chi connectivity index (χ3n) is 7.72. The van der Waals surface area contributed by atoms with Crippen molar-refractivity contribution in [3.8, 4) is 0 Å². The highest BCUT2D eigenvalue weighted by Gasteiger charge is 2.33. The van der Waals surface area contributed by atoms with Gasteiger partial charge in [0.05, 0.1) is 6.04 Å². The van der Waals surface area contributed by atoms with Crippen molar-refractivity contribution in [2.45, 2.75) is 109 Å². The zero-order valence-electron chi connectivity index (χ0n) is 28.0. The smallest absolute Gasteiger partial charge is 0.326 e. The monoisotopic (exact) mass is 683 g/mol. The maximum absolute atomic E-state index is 13.8. The van der Waals surface area contributed by atoms with Crippen LogP contribution in [0.3, 0.4) is 0 Å². The maximum Gasteiger partial charge on any atom is 0.326 e. The summed E-state index contributed by atoms with van der Waals surface area (Å²) in [6, 6.07) is 3.58. The Morgan fingerprint density at radius 2 is 1.14 bits per heavy atom. The van der Waals surface area contributed by atoms with Gasteiger partial charge in [-0.3, -0.25) is 19.2 Å². The number of rotatable bonds is 20. The number of carboxylic acid groups (broad SMARTS) is 1. The normalized spacial score (nSPS) is 17.1. The van der Waals surface area contributed by atoms with Crippen molar-refractivity contribution in [3.63, 3.8) is 0 Å². The highest BCUT2D eigenvalue weighted by Crippen LogP contribution is 2.16. The summed E-state index contributed by atoms with van der Waals surface area (Å²) in [7, 11) is 0. The van der Waals surface area contributed by atoms with E-state index in [1.54, 1.807) is 13.8 Å². The summed E-state index contributed by atoms with van der Waals surface area (Å²) in [5.41, 5.74) is 7.03. The molecule has 266 valence electrons. The lowest BCUT2D eigenvalue weighted by Gasteiger charge is -2.27. The van der Waals surface area contributed by atoms with Gasteiger partial charge in [-0.15, -0.1) is 20.5 Å². The minimum atomic E-state index is -1.24. The van der Waals surface area contributed by atoms with Gasteiger partial charge in [0.1, 0.15) is 24.2 Å². The van der Waals surface area contributed by atoms with Crippen molar-refractivity contribution in [1.82, 2.24) is 21.3 Å². The van der Waals surface area contributed by atoms with Crippen LogP contribution in [0.15, 0.2) is 71.7 Å². The number of carboxylic acids is 1. The van der Waals surface area contributed by atoms with Crippen LogP contribution in [0.4, 0.5) is 0 Å². The molecule has 0 bridgehead atoms. The molecule has 1 aromatic carbocycles. The molecule has 0 aromatic heterocycles. The minimum Gasteiger partial charge on any atom is -0.480 e. The molecule has 5 atom stereocenters. The third-order valence-corrected chi connectivity index (χ3v) is 7.72. The van der Waals surface area contributed by atoms with E-state index in [9.17, 15) is 29.1 Å². The second-order valence-corrected chi connectivity index (χ2v) is 12.6. The first-order valence-electron chi connectivity index (χ1n) is 16.2. The van der Waals surface area contributed by atoms with Crippen molar-refractivity contribution in [2.24, 2.45) is 58.9 Å². The van der Waals surface area contributed by atoms with Gasteiger partial charge < -0.3 is 32.1 Å². The molecule has 4 amide bonds. The molecule has 19 heteroatoms. The molecule has 0 saturated heterocycles. The van der Waals surface area contributed by atoms with E-state index in [-0.39, 0.29) is 44.4 Å². The Balaban J connectivity index is 1.78. The summed E-state index contributed by atoms with van der Waals surface area (Å²) in [5, 5.41) is 49.5. The van der Waals surface area contributed by atoms with Crippen LogP contribution < -0.4 is 27.0 Å². The predicted octanol–water partition coefficient (Wildman–Crippen LogP) is 2.16. The molecule has 0 radical (unpaired) electrons. The maximum atomic E-state index is 13.8. The number of nitrogens with one attached hydrogen (secondary N) is 4. The molecule has 1 aromatic rings. The summed E-state index contributed by atoms with van der Waals surface area (Å²) in [4.78, 5) is 65.8. The van der Waals surface area contributed by atoms with E-state index >= 15 is 0 Å². The number of amides is 4. The zero-order valence-corrected chi connectivity index (χ0v) is 28.0. The van der Waals surface area contributed by atoms with Gasteiger partial charge in [-0.2, -0.15) is 0 Å². The molecule has 7 N–H and O–H groups in total. The number of hydrogen-bond donors (Lipinski definition) is 6. The van der Waals surface area contributed by atoms with Crippen LogP contribution in [-0.4, -0.2) is 77.2 Å². The van der Waals surface area contributed by atoms with Crippen LogP contribution in [-0.2, 0) is 30.4 Å². The van der Waals surface area contributed by atoms with E-state index in [1.807, 2.05) is 44.2 Å². The topological polar surface area (TPSA) is 279 Å². The summed E-state index contributed by atoms with van der Waals surface area (Å²) < 4.78 is 0. The van der Waals surface area contributed by atoms with E-state index in [4.69, 9.17) is 5.73 Å². The van der Waals surface area contributed by atoms with E-state index in [0.717, 1.165) is 5.56 Å². The molecule has 0 saturated carbocycles. The standard InChI is InChI=1S/C30H45N13O6/c1-16(2)14-22(34-26(44)19(31)15-18-8-6-5-7-9-18)29(47)33-20(10-12-23-36-40-41-37-23)27(45)32-21(11-13-24-38-42-43-39-24)28(46)35-25(17(3)4)30(48)49/h5-9,16-17,19-25H,10-15,31H2,1-4H3,(H,32,45)(H,33,47)(H,34,44)(H,35,46)(H,48,49)/t19-,20-,21-,22-,25-/m0/s1. The molecule has 2 heterocycles. The van der Waals surface area contributed by atoms with Crippen LogP contribution in [0.5, 0.6) is 0 Å². The molecule has 49 heavy (non-hydrogen) atoms. The van der Waals surface area contributed by atoms with Crippen molar-refractivity contribution in [2.75, 3.05) is 0 Å². The first kappa shape index (κ1) is 38.4. The fourth-order valence-corrected chi connectivity index (χ4v) is 5.03. The Morgan fingerprint density at radius 1 is 0.694 bits per heavy atom. The summed E-state index contributed by atoms with van der Waals surface area (Å²) >= 11 is 0. The Morgan fingerprint density at radius 3 is 1.59 bits per heavy atom. The molecule has 0 aliphatic carbocycles. The molecule has 0 spiro atoms. The Hall–Kier alpha value is -5.07. The van der Waals surface area contributed by atoms with Crippen LogP contribution >= 0.6 is 0 Å². The zero-order chi connectivity index (χ0) is 35.9. The third kappa shape index (κ3) is 12.8. The van der Waals surface area contributed by atoms with Crippen molar-refractivity contribution in [3.05, 3.63) is 35.9 Å². The number of aliphatic carboxylic acids is 1. The van der Waals surface area contributed by atoms with Gasteiger partial charge in [0, 0.05) is 0 Å². The fraction of sp³-hybridized carbons (Fsp3) is 0.633. The van der Waals surface area contributed by atoms with Crippen molar-refractivity contribution in [1.29, 1.82) is 0 Å². The number of nitrogens with zero attached hydrogens (tertiary/aromatic N) is 8. The van der Waals surface area contributed by atoms with E-state index in [0.29, 0.717) is 0 Å². The van der Waals surface area contributed by atoms with Gasteiger partial charge in [0.15, 0.2) is 12.3 Å². The lowest BCUT2D eigenvalue weighted by Crippen LogP contribution is -2.59. The number of nitrogens with two attached hydrogens (primary N) is 1. The predicted molar refractivity (Wildman–Crippen MR) is 173 cm³/mol. The number of benzene rings is 1. The highest BCUT2D eigenvalue weighted by atomic mass is 16.4. The lowest BCUT2D eigenvalue weighted by atomic mass is 10.00. The molecule has 0 unspecified atom stereocenters. The Bertz CT molecular complexity index is 1390. The Kier molecular flexibility index (Phi) is 14.9. The van der Waals surface area contributed by atoms with Gasteiger partial charge in [0.25, 0.3) is 0 Å². The van der Waals surface area contributed by atoms with Gasteiger partial charge >= 0.3 is 5.97 Å². The molecule has 19 nitrogen and oxygen atoms in total. The first-order chi connectivity index (χ1) is 23.3. The van der Waals surface area contributed by atoms with Gasteiger partial charge in [-0.25, -0.2) is 4.79 Å². The SMILES string of the molecule is CC(C)C[C@H](NC(=O)[C@@H](N)Cc1ccccc1)C(=O)N[C@@H](CCC1N=NN=N1)C(=O)N[C@@H](CCC1N=NN=N1)C(=O)N[C@H](C(=O)O)C(C)C. The van der Waals surface area contributed by atoms with Crippen LogP contribution in [0, 0.1) is 11.8 Å². The highest BCUT2D eigenvalue weighted by molar-refractivity contribution is 5.95. The van der Waals surface area contributed by atoms with E-state index < -0.39 is 78.1 Å². The molecule has 2 aliphatic heterocycles. The molecule has 3 rings (SSSR count). The summed E-state index contributed by atoms with van der Waals surface area (Å²) in [5.74, 6) is -4.36. The average molecular weight is 684 g/mol. The van der Waals surface area contributed by atoms with E-state index in [2.05, 4.69) is 62.6 Å². The lowest BCUT2D eigenvalue weighted by molar-refractivity contribution is -0.143. The summed E-state index contributed by atoms with van der Waals surface area (Å²) in [6.07, 6.45) is -0.495. The number of carbonyl (C=O) groups is 5. The molecular weight excluding hydrogens is 638 g/mol. The molecule has 2 aliphatic rings. The quantitative estimate of drug-likeness (QED) is 0.119. The van der Waals surface area contributed by atoms with Crippen LogP contribution in [0.25, 0.3) is 0 Å². The van der Waals surface area contributed by atoms with Gasteiger partial charge in [0.2, 0.25) is 23.6 Å².